The summed E-state index contributed by atoms with van der Waals surface area (Å²) in [6.45, 7) is 0.535. The van der Waals surface area contributed by atoms with Crippen molar-refractivity contribution in [2.24, 2.45) is 0 Å². The van der Waals surface area contributed by atoms with Crippen LogP contribution in [0.1, 0.15) is 5.56 Å². The quantitative estimate of drug-likeness (QED) is 0.717. The van der Waals surface area contributed by atoms with E-state index in [1.54, 1.807) is 12.1 Å². The van der Waals surface area contributed by atoms with Gasteiger partial charge in [0.1, 0.15) is 5.75 Å². The van der Waals surface area contributed by atoms with E-state index in [9.17, 15) is 10.2 Å². The third-order valence-corrected chi connectivity index (χ3v) is 5.81. The Morgan fingerprint density at radius 3 is 2.16 bits per heavy atom. The number of fused-ring (bicyclic) bond motifs is 1. The molecule has 3 aromatic rings. The number of thioether (sulfide) groups is 1. The third-order valence-electron chi connectivity index (χ3n) is 4.54. The van der Waals surface area contributed by atoms with Crippen molar-refractivity contribution in [2.75, 3.05) is 18.5 Å². The van der Waals surface area contributed by atoms with Gasteiger partial charge in [0.25, 0.3) is 0 Å². The number of phenolic OH excluding ortho intramolecular Hbond substituents is 1. The Morgan fingerprint density at radius 1 is 0.880 bits per heavy atom. The molecular weight excluding hydrogens is 330 g/mol. The summed E-state index contributed by atoms with van der Waals surface area (Å²) in [6.07, 6.45) is 0. The minimum absolute atomic E-state index is 0.259. The van der Waals surface area contributed by atoms with Gasteiger partial charge < -0.3 is 15.1 Å². The van der Waals surface area contributed by atoms with Crippen LogP contribution >= 0.6 is 11.8 Å². The first-order valence-corrected chi connectivity index (χ1v) is 8.98. The molecule has 0 spiro atoms. The number of hydrogen-bond donors (Lipinski definition) is 2. The zero-order valence-corrected chi connectivity index (χ0v) is 14.7. The Labute approximate surface area is 151 Å². The fraction of sp³-hybridized carbons (Fsp3) is 0.143. The Bertz CT molecular complexity index is 893. The van der Waals surface area contributed by atoms with E-state index >= 15 is 0 Å². The lowest BCUT2D eigenvalue weighted by atomic mass is 10.0. The maximum atomic E-state index is 11.2. The van der Waals surface area contributed by atoms with E-state index in [1.807, 2.05) is 61.6 Å². The molecule has 1 aliphatic heterocycles. The molecule has 1 heterocycles. The highest BCUT2D eigenvalue weighted by atomic mass is 32.2. The second kappa shape index (κ2) is 6.14. The monoisotopic (exact) mass is 349 g/mol. The largest absolute Gasteiger partial charge is 0.508 e. The summed E-state index contributed by atoms with van der Waals surface area (Å²) < 4.78 is 0. The van der Waals surface area contributed by atoms with Gasteiger partial charge in [-0.05, 0) is 41.0 Å². The van der Waals surface area contributed by atoms with E-state index in [4.69, 9.17) is 0 Å². The zero-order valence-electron chi connectivity index (χ0n) is 13.9. The lowest BCUT2D eigenvalue weighted by Crippen LogP contribution is -2.39. The number of anilines is 1. The maximum Gasteiger partial charge on any atom is 0.157 e. The molecule has 0 fully saturated rings. The number of likely N-dealkylation sites (N-methyl/N-ethyl adjacent to an activating group) is 1. The van der Waals surface area contributed by atoms with E-state index in [0.717, 1.165) is 27.3 Å². The molecule has 4 rings (SSSR count). The minimum atomic E-state index is -0.976. The van der Waals surface area contributed by atoms with Gasteiger partial charge in [-0.3, -0.25) is 0 Å². The van der Waals surface area contributed by atoms with Crippen molar-refractivity contribution >= 4 is 17.4 Å². The first-order chi connectivity index (χ1) is 12.0. The molecule has 1 unspecified atom stereocenters. The molecule has 1 aliphatic rings. The van der Waals surface area contributed by atoms with Gasteiger partial charge in [-0.1, -0.05) is 60.3 Å². The fourth-order valence-electron chi connectivity index (χ4n) is 3.21. The van der Waals surface area contributed by atoms with E-state index < -0.39 is 4.93 Å². The average Bonchev–Trinajstić information content (AvgIpc) is 2.62. The number of nitrogens with zero attached hydrogens (tertiary/aromatic N) is 1. The number of aromatic hydroxyl groups is 1. The van der Waals surface area contributed by atoms with Gasteiger partial charge in [0, 0.05) is 11.9 Å². The summed E-state index contributed by atoms with van der Waals surface area (Å²) in [5.41, 5.74) is 4.14. The lowest BCUT2D eigenvalue weighted by Gasteiger charge is -2.39. The first-order valence-electron chi connectivity index (χ1n) is 8.17. The van der Waals surface area contributed by atoms with Gasteiger partial charge in [-0.15, -0.1) is 0 Å². The summed E-state index contributed by atoms with van der Waals surface area (Å²) in [6, 6.07) is 23.3. The minimum Gasteiger partial charge on any atom is -0.508 e. The third kappa shape index (κ3) is 2.99. The Kier molecular flexibility index (Phi) is 3.94. The molecule has 0 aliphatic carbocycles. The molecule has 0 saturated heterocycles. The molecule has 0 saturated carbocycles. The summed E-state index contributed by atoms with van der Waals surface area (Å²) in [5.74, 6) is 0.259. The molecule has 25 heavy (non-hydrogen) atoms. The van der Waals surface area contributed by atoms with Gasteiger partial charge in [0.2, 0.25) is 0 Å². The number of hydrogen-bond acceptors (Lipinski definition) is 4. The average molecular weight is 349 g/mol. The predicted molar refractivity (Wildman–Crippen MR) is 103 cm³/mol. The second-order valence-corrected chi connectivity index (χ2v) is 7.65. The van der Waals surface area contributed by atoms with Crippen molar-refractivity contribution in [3.05, 3.63) is 78.4 Å². The van der Waals surface area contributed by atoms with Crippen LogP contribution in [0.4, 0.5) is 5.69 Å². The standard InChI is InChI=1S/C21H19NO2S/c1-22-14-21(24,25-20-5-3-2-4-19(20)22)17-10-6-15(7-11-17)16-8-12-18(23)13-9-16/h2-13,23-24H,14H2,1H3. The van der Waals surface area contributed by atoms with Crippen LogP contribution in [-0.2, 0) is 4.93 Å². The molecule has 0 radical (unpaired) electrons. The van der Waals surface area contributed by atoms with Crippen LogP contribution in [0.25, 0.3) is 11.1 Å². The SMILES string of the molecule is CN1CC(O)(c2ccc(-c3ccc(O)cc3)cc2)Sc2ccccc21. The highest BCUT2D eigenvalue weighted by Gasteiger charge is 2.37. The summed E-state index contributed by atoms with van der Waals surface area (Å²) in [4.78, 5) is 2.21. The first kappa shape index (κ1) is 16.1. The Morgan fingerprint density at radius 2 is 1.48 bits per heavy atom. The number of para-hydroxylation sites is 1. The molecule has 4 heteroatoms. The van der Waals surface area contributed by atoms with Crippen molar-refractivity contribution in [1.29, 1.82) is 0 Å². The molecule has 3 aromatic carbocycles. The van der Waals surface area contributed by atoms with Crippen LogP contribution in [0.15, 0.2) is 77.7 Å². The highest BCUT2D eigenvalue weighted by Crippen LogP contribution is 2.48. The van der Waals surface area contributed by atoms with E-state index in [-0.39, 0.29) is 5.75 Å². The van der Waals surface area contributed by atoms with Gasteiger partial charge in [-0.25, -0.2) is 0 Å². The van der Waals surface area contributed by atoms with Crippen LogP contribution in [-0.4, -0.2) is 23.8 Å². The maximum absolute atomic E-state index is 11.2. The van der Waals surface area contributed by atoms with Crippen molar-refractivity contribution in [2.45, 2.75) is 9.83 Å². The normalized spacial score (nSPS) is 19.5. The molecule has 2 N–H and O–H groups in total. The fourth-order valence-corrected chi connectivity index (χ4v) is 4.56. The number of β-amino-alcohol motifs (C(OH)–C–C–N with tert-alkyl or cyclic N) is 1. The van der Waals surface area contributed by atoms with Crippen molar-refractivity contribution in [1.82, 2.24) is 0 Å². The summed E-state index contributed by atoms with van der Waals surface area (Å²) in [5, 5.41) is 20.7. The van der Waals surface area contributed by atoms with Crippen LogP contribution < -0.4 is 4.90 Å². The second-order valence-electron chi connectivity index (χ2n) is 6.33. The van der Waals surface area contributed by atoms with E-state index in [0.29, 0.717) is 6.54 Å². The lowest BCUT2D eigenvalue weighted by molar-refractivity contribution is 0.143. The number of aliphatic hydroxyl groups is 1. The number of phenols is 1. The van der Waals surface area contributed by atoms with Gasteiger partial charge in [0.15, 0.2) is 4.93 Å². The predicted octanol–water partition coefficient (Wildman–Crippen LogP) is 4.45. The van der Waals surface area contributed by atoms with Crippen molar-refractivity contribution in [3.8, 4) is 16.9 Å². The summed E-state index contributed by atoms with van der Waals surface area (Å²) in [7, 11) is 2.01. The van der Waals surface area contributed by atoms with E-state index in [2.05, 4.69) is 11.0 Å². The van der Waals surface area contributed by atoms with Crippen molar-refractivity contribution in [3.63, 3.8) is 0 Å². The topological polar surface area (TPSA) is 43.7 Å². The van der Waals surface area contributed by atoms with Gasteiger partial charge >= 0.3 is 0 Å². The molecular formula is C21H19NO2S. The van der Waals surface area contributed by atoms with Crippen LogP contribution in [0, 0.1) is 0 Å². The smallest absolute Gasteiger partial charge is 0.157 e. The summed E-state index contributed by atoms with van der Waals surface area (Å²) >= 11 is 1.50. The Balaban J connectivity index is 1.65. The number of rotatable bonds is 2. The zero-order chi connectivity index (χ0) is 17.4. The molecule has 1 atom stereocenters. The Hall–Kier alpha value is -2.43. The van der Waals surface area contributed by atoms with Gasteiger partial charge in [-0.2, -0.15) is 0 Å². The molecule has 0 amide bonds. The number of benzene rings is 3. The molecule has 126 valence electrons. The van der Waals surface area contributed by atoms with E-state index in [1.165, 1.54) is 11.8 Å². The van der Waals surface area contributed by atoms with Gasteiger partial charge in [0.05, 0.1) is 12.2 Å². The molecule has 0 aromatic heterocycles. The van der Waals surface area contributed by atoms with Crippen molar-refractivity contribution < 1.29 is 10.2 Å². The van der Waals surface area contributed by atoms with Crippen LogP contribution in [0.5, 0.6) is 5.75 Å². The molecule has 0 bridgehead atoms. The van der Waals surface area contributed by atoms with Crippen LogP contribution in [0.3, 0.4) is 0 Å². The van der Waals surface area contributed by atoms with Crippen LogP contribution in [0.2, 0.25) is 0 Å². The highest BCUT2D eigenvalue weighted by molar-refractivity contribution is 8.00. The molecule has 3 nitrogen and oxygen atoms in total.